The topological polar surface area (TPSA) is 62.2 Å². The Kier molecular flexibility index (Phi) is 6.00. The molecule has 1 aliphatic rings. The number of nitrogens with zero attached hydrogens (tertiary/aromatic N) is 3. The van der Waals surface area contributed by atoms with Crippen LogP contribution in [0.2, 0.25) is 0 Å². The molecule has 1 aliphatic heterocycles. The minimum Gasteiger partial charge on any atom is -0.354 e. The van der Waals surface area contributed by atoms with Crippen LogP contribution in [-0.2, 0) is 0 Å². The minimum absolute atomic E-state index is 0.0662. The Morgan fingerprint density at radius 2 is 1.90 bits per heavy atom. The third-order valence-electron chi connectivity index (χ3n) is 5.40. The highest BCUT2D eigenvalue weighted by molar-refractivity contribution is 5.85. The second-order valence-electron chi connectivity index (χ2n) is 7.48. The zero-order valence-electron chi connectivity index (χ0n) is 17.8. The van der Waals surface area contributed by atoms with Gasteiger partial charge in [0.15, 0.2) is 11.1 Å². The summed E-state index contributed by atoms with van der Waals surface area (Å²) >= 11 is 0. The third-order valence-corrected chi connectivity index (χ3v) is 5.40. The first kappa shape index (κ1) is 20.6. The smallest absolute Gasteiger partial charge is 0.193 e. The van der Waals surface area contributed by atoms with Crippen LogP contribution in [0.4, 0.5) is 11.6 Å². The largest absolute Gasteiger partial charge is 0.354 e. The Morgan fingerprint density at radius 3 is 2.58 bits per heavy atom. The van der Waals surface area contributed by atoms with Crippen LogP contribution in [0.5, 0.6) is 0 Å². The van der Waals surface area contributed by atoms with Crippen LogP contribution in [-0.4, -0.2) is 35.7 Å². The first-order chi connectivity index (χ1) is 15.1. The number of benzene rings is 1. The standard InChI is InChI=1S/C25H27N5O/c1-4-9-19(5-2)27-23-17-21(31)24-18(3)16-22(29-14-12-26-13-15-29)28-25(24)30(23)20-10-7-6-8-11-20/h4-11,16-17,26-27H,1-2,12-15H2,3H3/b19-9+. The van der Waals surface area contributed by atoms with Gasteiger partial charge in [0.25, 0.3) is 0 Å². The van der Waals surface area contributed by atoms with Crippen molar-refractivity contribution in [2.45, 2.75) is 6.92 Å². The third kappa shape index (κ3) is 4.15. The minimum atomic E-state index is -0.0662. The Balaban J connectivity index is 2.01. The molecule has 0 amide bonds. The van der Waals surface area contributed by atoms with Crippen LogP contribution in [0.1, 0.15) is 5.56 Å². The average Bonchev–Trinajstić information content (AvgIpc) is 2.79. The molecule has 158 valence electrons. The molecule has 2 N–H and O–H groups in total. The maximum absolute atomic E-state index is 13.1. The monoisotopic (exact) mass is 413 g/mol. The molecule has 3 aromatic rings. The van der Waals surface area contributed by atoms with Gasteiger partial charge in [-0.25, -0.2) is 4.98 Å². The van der Waals surface area contributed by atoms with Crippen LogP contribution >= 0.6 is 0 Å². The zero-order chi connectivity index (χ0) is 21.8. The summed E-state index contributed by atoms with van der Waals surface area (Å²) in [5, 5.41) is 7.32. The molecule has 1 aromatic carbocycles. The second-order valence-corrected chi connectivity index (χ2v) is 7.48. The summed E-state index contributed by atoms with van der Waals surface area (Å²) in [5.41, 5.74) is 3.15. The number of anilines is 2. The van der Waals surface area contributed by atoms with Crippen molar-refractivity contribution in [3.63, 3.8) is 0 Å². The fourth-order valence-corrected chi connectivity index (χ4v) is 3.90. The van der Waals surface area contributed by atoms with Gasteiger partial charge in [0, 0.05) is 43.6 Å². The molecule has 6 nitrogen and oxygen atoms in total. The molecule has 1 fully saturated rings. The lowest BCUT2D eigenvalue weighted by Gasteiger charge is -2.29. The van der Waals surface area contributed by atoms with E-state index in [1.807, 2.05) is 54.0 Å². The van der Waals surface area contributed by atoms with E-state index < -0.39 is 0 Å². The molecule has 3 heterocycles. The molecule has 0 atom stereocenters. The number of piperazine rings is 1. The van der Waals surface area contributed by atoms with Gasteiger partial charge >= 0.3 is 0 Å². The Bertz CT molecular complexity index is 1200. The fourth-order valence-electron chi connectivity index (χ4n) is 3.90. The number of hydrogen-bond acceptors (Lipinski definition) is 5. The normalized spacial score (nSPS) is 14.5. The van der Waals surface area contributed by atoms with Crippen molar-refractivity contribution in [2.24, 2.45) is 0 Å². The predicted octanol–water partition coefficient (Wildman–Crippen LogP) is 3.77. The molecule has 6 heteroatoms. The number of rotatable bonds is 6. The number of para-hydroxylation sites is 1. The number of pyridine rings is 2. The quantitative estimate of drug-likeness (QED) is 0.603. The molecule has 0 aliphatic carbocycles. The fraction of sp³-hybridized carbons (Fsp3) is 0.200. The van der Waals surface area contributed by atoms with Crippen LogP contribution in [0, 0.1) is 6.92 Å². The van der Waals surface area contributed by atoms with Gasteiger partial charge in [0.1, 0.15) is 11.6 Å². The molecular formula is C25H27N5O. The molecule has 1 saturated heterocycles. The van der Waals surface area contributed by atoms with Gasteiger partial charge in [0.2, 0.25) is 0 Å². The van der Waals surface area contributed by atoms with E-state index in [0.717, 1.165) is 48.9 Å². The van der Waals surface area contributed by atoms with Gasteiger partial charge in [-0.05, 0) is 42.8 Å². The highest BCUT2D eigenvalue weighted by Crippen LogP contribution is 2.27. The van der Waals surface area contributed by atoms with Crippen molar-refractivity contribution in [1.82, 2.24) is 14.9 Å². The Morgan fingerprint density at radius 1 is 1.16 bits per heavy atom. The highest BCUT2D eigenvalue weighted by atomic mass is 16.1. The maximum Gasteiger partial charge on any atom is 0.193 e. The lowest BCUT2D eigenvalue weighted by atomic mass is 10.1. The van der Waals surface area contributed by atoms with Crippen LogP contribution in [0.3, 0.4) is 0 Å². The summed E-state index contributed by atoms with van der Waals surface area (Å²) in [6, 6.07) is 13.6. The molecule has 31 heavy (non-hydrogen) atoms. The second kappa shape index (κ2) is 9.02. The number of fused-ring (bicyclic) bond motifs is 1. The van der Waals surface area contributed by atoms with Crippen LogP contribution in [0.25, 0.3) is 16.7 Å². The predicted molar refractivity (Wildman–Crippen MR) is 129 cm³/mol. The van der Waals surface area contributed by atoms with E-state index in [-0.39, 0.29) is 5.43 Å². The van der Waals surface area contributed by atoms with Crippen molar-refractivity contribution < 1.29 is 0 Å². The van der Waals surface area contributed by atoms with Crippen LogP contribution < -0.4 is 21.0 Å². The van der Waals surface area contributed by atoms with Crippen molar-refractivity contribution in [3.05, 3.63) is 95.3 Å². The Hall–Kier alpha value is -3.64. The lowest BCUT2D eigenvalue weighted by molar-refractivity contribution is 0.585. The van der Waals surface area contributed by atoms with E-state index in [0.29, 0.717) is 16.9 Å². The van der Waals surface area contributed by atoms with E-state index in [1.54, 1.807) is 18.2 Å². The number of nitrogens with one attached hydrogen (secondary N) is 2. The number of aryl methyl sites for hydroxylation is 1. The highest BCUT2D eigenvalue weighted by Gasteiger charge is 2.19. The van der Waals surface area contributed by atoms with Gasteiger partial charge in [-0.15, -0.1) is 0 Å². The van der Waals surface area contributed by atoms with Crippen molar-refractivity contribution in [3.8, 4) is 5.69 Å². The van der Waals surface area contributed by atoms with Gasteiger partial charge in [-0.2, -0.15) is 0 Å². The molecule has 0 bridgehead atoms. The summed E-state index contributed by atoms with van der Waals surface area (Å²) in [4.78, 5) is 20.4. The molecule has 2 aromatic heterocycles. The summed E-state index contributed by atoms with van der Waals surface area (Å²) in [7, 11) is 0. The van der Waals surface area contributed by atoms with E-state index >= 15 is 0 Å². The Labute approximate surface area is 182 Å². The molecule has 0 radical (unpaired) electrons. The van der Waals surface area contributed by atoms with E-state index in [9.17, 15) is 4.79 Å². The van der Waals surface area contributed by atoms with Gasteiger partial charge in [-0.3, -0.25) is 9.36 Å². The van der Waals surface area contributed by atoms with E-state index in [2.05, 4.69) is 28.7 Å². The molecule has 0 saturated carbocycles. The SMILES string of the molecule is C=C/C=C(\C=C)Nc1cc(=O)c2c(C)cc(N3CCNCC3)nc2n1-c1ccccc1. The number of allylic oxidation sites excluding steroid dienone is 3. The summed E-state index contributed by atoms with van der Waals surface area (Å²) in [6.07, 6.45) is 5.19. The van der Waals surface area contributed by atoms with Gasteiger partial charge in [0.05, 0.1) is 5.39 Å². The van der Waals surface area contributed by atoms with Gasteiger partial charge < -0.3 is 15.5 Å². The molecule has 0 unspecified atom stereocenters. The number of hydrogen-bond donors (Lipinski definition) is 2. The van der Waals surface area contributed by atoms with Gasteiger partial charge in [-0.1, -0.05) is 37.4 Å². The molecule has 4 rings (SSSR count). The lowest BCUT2D eigenvalue weighted by Crippen LogP contribution is -2.44. The van der Waals surface area contributed by atoms with Crippen LogP contribution in [0.15, 0.2) is 84.3 Å². The number of aromatic nitrogens is 2. The first-order valence-electron chi connectivity index (χ1n) is 10.4. The summed E-state index contributed by atoms with van der Waals surface area (Å²) in [6.45, 7) is 13.2. The zero-order valence-corrected chi connectivity index (χ0v) is 17.8. The van der Waals surface area contributed by atoms with Crippen molar-refractivity contribution in [2.75, 3.05) is 36.4 Å². The first-order valence-corrected chi connectivity index (χ1v) is 10.4. The summed E-state index contributed by atoms with van der Waals surface area (Å²) < 4.78 is 2.00. The van der Waals surface area contributed by atoms with E-state index in [1.165, 1.54) is 0 Å². The maximum atomic E-state index is 13.1. The molecule has 0 spiro atoms. The van der Waals surface area contributed by atoms with Crippen molar-refractivity contribution >= 4 is 22.7 Å². The van der Waals surface area contributed by atoms with Crippen molar-refractivity contribution in [1.29, 1.82) is 0 Å². The average molecular weight is 414 g/mol. The molecular weight excluding hydrogens is 386 g/mol. The van der Waals surface area contributed by atoms with E-state index in [4.69, 9.17) is 4.98 Å². The summed E-state index contributed by atoms with van der Waals surface area (Å²) in [5.74, 6) is 1.51.